The molecule has 0 saturated heterocycles. The predicted molar refractivity (Wildman–Crippen MR) is 69.3 cm³/mol. The van der Waals surface area contributed by atoms with Gasteiger partial charge in [-0.3, -0.25) is 4.79 Å². The topological polar surface area (TPSA) is 65.8 Å². The normalized spacial score (nSPS) is 11.6. The van der Waals surface area contributed by atoms with Gasteiger partial charge in [-0.05, 0) is 40.9 Å². The van der Waals surface area contributed by atoms with Crippen LogP contribution in [0, 0.1) is 24.2 Å². The van der Waals surface area contributed by atoms with E-state index in [9.17, 15) is 4.79 Å². The van der Waals surface area contributed by atoms with Crippen LogP contribution in [0.4, 0.5) is 5.82 Å². The Morgan fingerprint density at radius 2 is 2.41 bits per heavy atom. The van der Waals surface area contributed by atoms with Crippen molar-refractivity contribution in [3.63, 3.8) is 0 Å². The molecule has 17 heavy (non-hydrogen) atoms. The molecule has 0 aromatic carbocycles. The molecule has 4 nitrogen and oxygen atoms in total. The SMILES string of the molecule is CCCC(C#N)C(=O)Nc1cc(C)c(Br)cn1. The second kappa shape index (κ2) is 6.36. The monoisotopic (exact) mass is 295 g/mol. The van der Waals surface area contributed by atoms with Crippen LogP contribution in [-0.4, -0.2) is 10.9 Å². The smallest absolute Gasteiger partial charge is 0.242 e. The molecule has 1 aromatic heterocycles. The molecule has 0 aliphatic carbocycles. The lowest BCUT2D eigenvalue weighted by molar-refractivity contribution is -0.118. The van der Waals surface area contributed by atoms with E-state index in [0.717, 1.165) is 16.5 Å². The van der Waals surface area contributed by atoms with E-state index in [1.54, 1.807) is 12.3 Å². The van der Waals surface area contributed by atoms with Crippen molar-refractivity contribution in [2.45, 2.75) is 26.7 Å². The molecule has 1 amide bonds. The molecular formula is C12H14BrN3O. The molecule has 0 aliphatic heterocycles. The number of nitrogens with zero attached hydrogens (tertiary/aromatic N) is 2. The number of aryl methyl sites for hydroxylation is 1. The number of hydrogen-bond acceptors (Lipinski definition) is 3. The molecule has 90 valence electrons. The lowest BCUT2D eigenvalue weighted by atomic mass is 10.1. The Bertz CT molecular complexity index is 454. The first-order valence-corrected chi connectivity index (χ1v) is 6.20. The molecule has 0 saturated carbocycles. The fraction of sp³-hybridized carbons (Fsp3) is 0.417. The van der Waals surface area contributed by atoms with Gasteiger partial charge in [-0.25, -0.2) is 4.98 Å². The van der Waals surface area contributed by atoms with Crippen LogP contribution < -0.4 is 5.32 Å². The van der Waals surface area contributed by atoms with Gasteiger partial charge in [0.15, 0.2) is 0 Å². The summed E-state index contributed by atoms with van der Waals surface area (Å²) in [5.41, 5.74) is 0.985. The first-order chi connectivity index (χ1) is 8.08. The summed E-state index contributed by atoms with van der Waals surface area (Å²) >= 11 is 3.34. The number of carbonyl (C=O) groups excluding carboxylic acids is 1. The largest absolute Gasteiger partial charge is 0.310 e. The van der Waals surface area contributed by atoms with Crippen LogP contribution >= 0.6 is 15.9 Å². The van der Waals surface area contributed by atoms with Crippen molar-refractivity contribution in [1.82, 2.24) is 4.98 Å². The molecule has 0 radical (unpaired) electrons. The van der Waals surface area contributed by atoms with Gasteiger partial charge in [0.1, 0.15) is 11.7 Å². The van der Waals surface area contributed by atoms with Crippen molar-refractivity contribution >= 4 is 27.7 Å². The molecule has 1 atom stereocenters. The lowest BCUT2D eigenvalue weighted by Gasteiger charge is -2.09. The maximum atomic E-state index is 11.7. The first kappa shape index (κ1) is 13.7. The number of amides is 1. The van der Waals surface area contributed by atoms with Crippen molar-refractivity contribution in [2.24, 2.45) is 5.92 Å². The van der Waals surface area contributed by atoms with E-state index in [2.05, 4.69) is 26.2 Å². The number of aromatic nitrogens is 1. The van der Waals surface area contributed by atoms with Gasteiger partial charge >= 0.3 is 0 Å². The van der Waals surface area contributed by atoms with Crippen LogP contribution in [0.1, 0.15) is 25.3 Å². The van der Waals surface area contributed by atoms with E-state index in [1.165, 1.54) is 0 Å². The molecule has 0 bridgehead atoms. The van der Waals surface area contributed by atoms with Gasteiger partial charge in [-0.1, -0.05) is 13.3 Å². The average Bonchev–Trinajstić information content (AvgIpc) is 2.30. The summed E-state index contributed by atoms with van der Waals surface area (Å²) in [5.74, 6) is -0.415. The van der Waals surface area contributed by atoms with E-state index in [4.69, 9.17) is 5.26 Å². The van der Waals surface area contributed by atoms with Gasteiger partial charge in [-0.2, -0.15) is 5.26 Å². The Morgan fingerprint density at radius 3 is 2.94 bits per heavy atom. The average molecular weight is 296 g/mol. The third kappa shape index (κ3) is 3.82. The Hall–Kier alpha value is -1.41. The molecule has 1 N–H and O–H groups in total. The molecule has 1 heterocycles. The number of nitriles is 1. The Balaban J connectivity index is 2.74. The van der Waals surface area contributed by atoms with Gasteiger partial charge in [0, 0.05) is 10.7 Å². The minimum absolute atomic E-state index is 0.288. The highest BCUT2D eigenvalue weighted by molar-refractivity contribution is 9.10. The third-order valence-electron chi connectivity index (χ3n) is 2.35. The molecule has 0 aliphatic rings. The van der Waals surface area contributed by atoms with Gasteiger partial charge in [0.05, 0.1) is 6.07 Å². The molecule has 0 fully saturated rings. The van der Waals surface area contributed by atoms with Crippen molar-refractivity contribution in [1.29, 1.82) is 5.26 Å². The van der Waals surface area contributed by atoms with Crippen molar-refractivity contribution in [3.8, 4) is 6.07 Å². The summed E-state index contributed by atoms with van der Waals surface area (Å²) < 4.78 is 0.890. The lowest BCUT2D eigenvalue weighted by Crippen LogP contribution is -2.22. The van der Waals surface area contributed by atoms with Gasteiger partial charge < -0.3 is 5.32 Å². The maximum Gasteiger partial charge on any atom is 0.242 e. The number of hydrogen-bond donors (Lipinski definition) is 1. The first-order valence-electron chi connectivity index (χ1n) is 5.41. The second-order valence-corrected chi connectivity index (χ2v) is 4.63. The summed E-state index contributed by atoms with van der Waals surface area (Å²) in [7, 11) is 0. The second-order valence-electron chi connectivity index (χ2n) is 3.78. The maximum absolute atomic E-state index is 11.7. The highest BCUT2D eigenvalue weighted by Crippen LogP contribution is 2.18. The summed E-state index contributed by atoms with van der Waals surface area (Å²) in [6, 6.07) is 3.77. The van der Waals surface area contributed by atoms with E-state index in [-0.39, 0.29) is 5.91 Å². The summed E-state index contributed by atoms with van der Waals surface area (Å²) in [6.45, 7) is 3.86. The molecule has 1 unspecified atom stereocenters. The Kier molecular flexibility index (Phi) is 5.11. The molecule has 5 heteroatoms. The van der Waals surface area contributed by atoms with E-state index in [1.807, 2.05) is 19.9 Å². The summed E-state index contributed by atoms with van der Waals surface area (Å²) in [4.78, 5) is 15.8. The number of pyridine rings is 1. The van der Waals surface area contributed by atoms with Crippen molar-refractivity contribution < 1.29 is 4.79 Å². The minimum Gasteiger partial charge on any atom is -0.310 e. The third-order valence-corrected chi connectivity index (χ3v) is 3.18. The van der Waals surface area contributed by atoms with Gasteiger partial charge in [-0.15, -0.1) is 0 Å². The number of rotatable bonds is 4. The molecule has 1 aromatic rings. The fourth-order valence-electron chi connectivity index (χ4n) is 1.36. The highest BCUT2D eigenvalue weighted by Gasteiger charge is 2.17. The number of nitrogens with one attached hydrogen (secondary N) is 1. The van der Waals surface area contributed by atoms with E-state index in [0.29, 0.717) is 12.2 Å². The van der Waals surface area contributed by atoms with E-state index < -0.39 is 5.92 Å². The van der Waals surface area contributed by atoms with Crippen molar-refractivity contribution in [2.75, 3.05) is 5.32 Å². The summed E-state index contributed by atoms with van der Waals surface area (Å²) in [5, 5.41) is 11.5. The number of halogens is 1. The van der Waals surface area contributed by atoms with Crippen LogP contribution in [-0.2, 0) is 4.79 Å². The highest BCUT2D eigenvalue weighted by atomic mass is 79.9. The van der Waals surface area contributed by atoms with Crippen LogP contribution in [0.2, 0.25) is 0 Å². The molecule has 0 spiro atoms. The van der Waals surface area contributed by atoms with Gasteiger partial charge in [0.2, 0.25) is 5.91 Å². The molecule has 1 rings (SSSR count). The van der Waals surface area contributed by atoms with E-state index >= 15 is 0 Å². The standard InChI is InChI=1S/C12H14BrN3O/c1-3-4-9(6-14)12(17)16-11-5-8(2)10(13)7-15-11/h5,7,9H,3-4H2,1-2H3,(H,15,16,17). The molecular weight excluding hydrogens is 282 g/mol. The Labute approximate surface area is 109 Å². The zero-order valence-corrected chi connectivity index (χ0v) is 11.4. The predicted octanol–water partition coefficient (Wildman–Crippen LogP) is 3.03. The zero-order valence-electron chi connectivity index (χ0n) is 9.83. The fourth-order valence-corrected chi connectivity index (χ4v) is 1.58. The van der Waals surface area contributed by atoms with Crippen LogP contribution in [0.3, 0.4) is 0 Å². The number of carbonyl (C=O) groups is 1. The zero-order chi connectivity index (χ0) is 12.8. The Morgan fingerprint density at radius 1 is 1.71 bits per heavy atom. The quantitative estimate of drug-likeness (QED) is 0.928. The van der Waals surface area contributed by atoms with Crippen LogP contribution in [0.25, 0.3) is 0 Å². The van der Waals surface area contributed by atoms with Gasteiger partial charge in [0.25, 0.3) is 0 Å². The number of anilines is 1. The van der Waals surface area contributed by atoms with Crippen LogP contribution in [0.5, 0.6) is 0 Å². The minimum atomic E-state index is -0.606. The van der Waals surface area contributed by atoms with Crippen LogP contribution in [0.15, 0.2) is 16.7 Å². The van der Waals surface area contributed by atoms with Crippen molar-refractivity contribution in [3.05, 3.63) is 22.3 Å². The summed E-state index contributed by atoms with van der Waals surface area (Å²) in [6.07, 6.45) is 3.00.